The Hall–Kier alpha value is -0.920. The Morgan fingerprint density at radius 2 is 2.41 bits per heavy atom. The standard InChI is InChI=1S/C14H18Cl2N4OS/c1-14(6-18)4-10(14)20-13(21)9-3-7(12(16)22-9)11(19-2)8(15)5-17/h3,5,10,17,19H,4,6,18H2,1-2H3,(H,20,21)/p+1. The molecule has 0 spiro atoms. The van der Waals surface area contributed by atoms with Gasteiger partial charge in [0.05, 0.1) is 17.5 Å². The molecule has 1 fully saturated rings. The molecule has 0 saturated heterocycles. The summed E-state index contributed by atoms with van der Waals surface area (Å²) in [7, 11) is 1.81. The fourth-order valence-electron chi connectivity index (χ4n) is 2.25. The minimum atomic E-state index is -0.151. The van der Waals surface area contributed by atoms with E-state index in [2.05, 4.69) is 12.2 Å². The van der Waals surface area contributed by atoms with Crippen molar-refractivity contribution >= 4 is 52.4 Å². The number of nitrogens with one attached hydrogen (secondary N) is 2. The van der Waals surface area contributed by atoms with E-state index in [1.165, 1.54) is 11.3 Å². The molecule has 22 heavy (non-hydrogen) atoms. The number of hydrogen-bond donors (Lipinski definition) is 4. The van der Waals surface area contributed by atoms with E-state index in [9.17, 15) is 4.79 Å². The van der Waals surface area contributed by atoms with Crippen molar-refractivity contribution in [2.45, 2.75) is 19.4 Å². The van der Waals surface area contributed by atoms with Gasteiger partial charge in [0.1, 0.15) is 9.37 Å². The second-order valence-corrected chi connectivity index (χ2v) is 7.64. The molecule has 1 aliphatic carbocycles. The Kier molecular flexibility index (Phi) is 5.29. The van der Waals surface area contributed by atoms with Crippen molar-refractivity contribution in [3.8, 4) is 0 Å². The number of allylic oxidation sites excluding steroid dienone is 1. The lowest BCUT2D eigenvalue weighted by atomic mass is 10.1. The van der Waals surface area contributed by atoms with Crippen LogP contribution in [0.3, 0.4) is 0 Å². The summed E-state index contributed by atoms with van der Waals surface area (Å²) in [5.74, 6) is -0.151. The monoisotopic (exact) mass is 361 g/mol. The van der Waals surface area contributed by atoms with Crippen LogP contribution in [0, 0.1) is 10.8 Å². The summed E-state index contributed by atoms with van der Waals surface area (Å²) in [6.07, 6.45) is 1.95. The molecule has 1 heterocycles. The first-order chi connectivity index (χ1) is 10.4. The molecular weight excluding hydrogens is 343 g/mol. The van der Waals surface area contributed by atoms with Gasteiger partial charge in [0.2, 0.25) is 0 Å². The molecule has 120 valence electrons. The highest BCUT2D eigenvalue weighted by Gasteiger charge is 2.49. The lowest BCUT2D eigenvalue weighted by Crippen LogP contribution is -2.76. The fraction of sp³-hybridized carbons (Fsp3) is 0.429. The van der Waals surface area contributed by atoms with Gasteiger partial charge in [-0.05, 0) is 19.0 Å². The SMILES string of the molecule is C[NH2+]C(=C(Cl)C=N)c1cc(C(=O)NC2CC2(C)CN)sc1Cl. The van der Waals surface area contributed by atoms with Gasteiger partial charge in [-0.1, -0.05) is 30.1 Å². The van der Waals surface area contributed by atoms with Gasteiger partial charge in [-0.3, -0.25) is 4.79 Å². The molecule has 2 atom stereocenters. The zero-order valence-corrected chi connectivity index (χ0v) is 14.7. The Balaban J connectivity index is 2.19. The number of quaternary nitrogens is 1. The second kappa shape index (κ2) is 6.68. The molecule has 0 aromatic carbocycles. The van der Waals surface area contributed by atoms with Crippen molar-refractivity contribution < 1.29 is 10.1 Å². The van der Waals surface area contributed by atoms with Crippen LogP contribution >= 0.6 is 34.5 Å². The maximum absolute atomic E-state index is 12.3. The maximum atomic E-state index is 12.3. The Labute approximate surface area is 143 Å². The summed E-state index contributed by atoms with van der Waals surface area (Å²) in [4.78, 5) is 12.8. The number of carbonyl (C=O) groups is 1. The van der Waals surface area contributed by atoms with Crippen molar-refractivity contribution in [3.05, 3.63) is 25.9 Å². The molecule has 0 aliphatic heterocycles. The number of amides is 1. The number of carbonyl (C=O) groups excluding carboxylic acids is 1. The third-order valence-electron chi connectivity index (χ3n) is 4.00. The number of rotatable bonds is 6. The molecular formula is C14H19Cl2N4OS+. The summed E-state index contributed by atoms with van der Waals surface area (Å²) < 4.78 is 0.482. The van der Waals surface area contributed by atoms with Crippen LogP contribution in [-0.2, 0) is 0 Å². The number of thiophene rings is 1. The predicted octanol–water partition coefficient (Wildman–Crippen LogP) is 1.62. The van der Waals surface area contributed by atoms with Crippen LogP contribution < -0.4 is 16.4 Å². The van der Waals surface area contributed by atoms with Crippen molar-refractivity contribution in [1.29, 1.82) is 5.41 Å². The molecule has 1 saturated carbocycles. The molecule has 1 aromatic rings. The molecule has 6 N–H and O–H groups in total. The van der Waals surface area contributed by atoms with Crippen molar-refractivity contribution in [3.63, 3.8) is 0 Å². The minimum Gasteiger partial charge on any atom is -0.348 e. The molecule has 1 aromatic heterocycles. The van der Waals surface area contributed by atoms with Gasteiger partial charge in [0, 0.05) is 17.7 Å². The smallest absolute Gasteiger partial charge is 0.261 e. The van der Waals surface area contributed by atoms with Gasteiger partial charge in [-0.25, -0.2) is 0 Å². The lowest BCUT2D eigenvalue weighted by Gasteiger charge is -2.08. The highest BCUT2D eigenvalue weighted by Crippen LogP contribution is 2.44. The molecule has 8 heteroatoms. The van der Waals surface area contributed by atoms with E-state index >= 15 is 0 Å². The van der Waals surface area contributed by atoms with Gasteiger partial charge in [-0.2, -0.15) is 0 Å². The van der Waals surface area contributed by atoms with Gasteiger partial charge in [0.15, 0.2) is 5.70 Å². The third-order valence-corrected chi connectivity index (χ3v) is 5.67. The van der Waals surface area contributed by atoms with E-state index in [1.807, 2.05) is 7.05 Å². The van der Waals surface area contributed by atoms with Crippen LogP contribution in [0.15, 0.2) is 11.1 Å². The number of halogens is 2. The van der Waals surface area contributed by atoms with Crippen LogP contribution in [0.2, 0.25) is 4.34 Å². The molecule has 5 nitrogen and oxygen atoms in total. The van der Waals surface area contributed by atoms with E-state index in [-0.39, 0.29) is 22.4 Å². The van der Waals surface area contributed by atoms with E-state index in [0.717, 1.165) is 12.6 Å². The van der Waals surface area contributed by atoms with Gasteiger partial charge in [0.25, 0.3) is 5.91 Å². The van der Waals surface area contributed by atoms with Gasteiger partial charge < -0.3 is 21.8 Å². The summed E-state index contributed by atoms with van der Waals surface area (Å²) >= 11 is 13.4. The first kappa shape index (κ1) is 17.4. The van der Waals surface area contributed by atoms with Crippen molar-refractivity contribution in [1.82, 2.24) is 5.32 Å². The largest absolute Gasteiger partial charge is 0.348 e. The highest BCUT2D eigenvalue weighted by atomic mass is 35.5. The molecule has 2 unspecified atom stereocenters. The zero-order valence-electron chi connectivity index (χ0n) is 12.4. The van der Waals surface area contributed by atoms with Gasteiger partial charge in [-0.15, -0.1) is 11.3 Å². The molecule has 1 aliphatic rings. The number of nitrogens with two attached hydrogens (primary N) is 2. The second-order valence-electron chi connectivity index (χ2n) is 5.58. The Bertz CT molecular complexity index is 643. The van der Waals surface area contributed by atoms with E-state index in [0.29, 0.717) is 27.0 Å². The van der Waals surface area contributed by atoms with Crippen LogP contribution in [0.1, 0.15) is 28.6 Å². The van der Waals surface area contributed by atoms with Crippen LogP contribution in [-0.4, -0.2) is 31.8 Å². The van der Waals surface area contributed by atoms with Crippen LogP contribution in [0.4, 0.5) is 0 Å². The van der Waals surface area contributed by atoms with Crippen LogP contribution in [0.25, 0.3) is 5.70 Å². The quantitative estimate of drug-likeness (QED) is 0.579. The molecule has 2 rings (SSSR count). The molecule has 0 bridgehead atoms. The maximum Gasteiger partial charge on any atom is 0.261 e. The third kappa shape index (κ3) is 3.36. The average molecular weight is 362 g/mol. The minimum absolute atomic E-state index is 0.00525. The van der Waals surface area contributed by atoms with E-state index < -0.39 is 0 Å². The Morgan fingerprint density at radius 1 is 1.73 bits per heavy atom. The zero-order chi connectivity index (χ0) is 16.5. The molecule has 0 radical (unpaired) electrons. The Morgan fingerprint density at radius 3 is 2.91 bits per heavy atom. The first-order valence-corrected chi connectivity index (χ1v) is 8.43. The first-order valence-electron chi connectivity index (χ1n) is 6.86. The summed E-state index contributed by atoms with van der Waals surface area (Å²) in [5.41, 5.74) is 7.02. The normalized spacial score (nSPS) is 24.7. The summed E-state index contributed by atoms with van der Waals surface area (Å²) in [5, 5.41) is 12.3. The van der Waals surface area contributed by atoms with E-state index in [1.54, 1.807) is 11.4 Å². The highest BCUT2D eigenvalue weighted by molar-refractivity contribution is 7.18. The van der Waals surface area contributed by atoms with Gasteiger partial charge >= 0.3 is 0 Å². The fourth-order valence-corrected chi connectivity index (χ4v) is 3.67. The lowest BCUT2D eigenvalue weighted by molar-refractivity contribution is -0.530. The molecule has 1 amide bonds. The topological polar surface area (TPSA) is 95.6 Å². The summed E-state index contributed by atoms with van der Waals surface area (Å²) in [6.45, 7) is 2.61. The van der Waals surface area contributed by atoms with Crippen LogP contribution in [0.5, 0.6) is 0 Å². The number of hydrogen-bond acceptors (Lipinski definition) is 4. The van der Waals surface area contributed by atoms with Crippen molar-refractivity contribution in [2.75, 3.05) is 13.6 Å². The average Bonchev–Trinajstić information content (AvgIpc) is 2.98. The van der Waals surface area contributed by atoms with Crippen molar-refractivity contribution in [2.24, 2.45) is 11.1 Å². The van der Waals surface area contributed by atoms with E-state index in [4.69, 9.17) is 34.3 Å². The summed E-state index contributed by atoms with van der Waals surface area (Å²) in [6, 6.07) is 1.83. The predicted molar refractivity (Wildman–Crippen MR) is 91.8 cm³/mol.